The van der Waals surface area contributed by atoms with E-state index in [-0.39, 0.29) is 95.1 Å². The zero-order valence-electron chi connectivity index (χ0n) is 90.0. The Morgan fingerprint density at radius 3 is 0.721 bits per heavy atom. The smallest absolute Gasteiger partial charge is 0.338 e. The van der Waals surface area contributed by atoms with Gasteiger partial charge in [-0.3, -0.25) is 10.1 Å². The Balaban J connectivity index is 0.000000158. The summed E-state index contributed by atoms with van der Waals surface area (Å²) in [6.45, 7) is 43.5. The summed E-state index contributed by atoms with van der Waals surface area (Å²) in [4.78, 5) is 22.4. The fourth-order valence-corrected chi connectivity index (χ4v) is 57.3. The number of nitro groups is 1. The lowest BCUT2D eigenvalue weighted by Crippen LogP contribution is -2.55. The van der Waals surface area contributed by atoms with Crippen molar-refractivity contribution in [2.24, 2.45) is 0 Å². The van der Waals surface area contributed by atoms with Crippen LogP contribution >= 0.6 is 15.9 Å². The highest BCUT2D eigenvalue weighted by Gasteiger charge is 2.66. The molecule has 0 radical (unpaired) electrons. The van der Waals surface area contributed by atoms with Crippen molar-refractivity contribution in [2.75, 3.05) is 38.4 Å². The molecule has 17 rings (SSSR count). The first kappa shape index (κ1) is 121. The average Bonchev–Trinajstić information content (AvgIpc) is 1.62. The molecule has 0 saturated heterocycles. The Hall–Kier alpha value is -4.60. The number of aliphatic hydroxyl groups is 3. The van der Waals surface area contributed by atoms with Crippen LogP contribution in [0.1, 0.15) is 311 Å². The first-order valence-electron chi connectivity index (χ1n) is 53.9. The van der Waals surface area contributed by atoms with E-state index in [0.29, 0.717) is 204 Å². The van der Waals surface area contributed by atoms with Gasteiger partial charge in [-0.05, 0) is 226 Å². The maximum atomic E-state index is 13.3. The largest absolute Gasteiger partial charge is 0.459 e. The van der Waals surface area contributed by atoms with Gasteiger partial charge in [-0.1, -0.05) is 262 Å². The molecule has 27 nitrogen and oxygen atoms in total. The minimum absolute atomic E-state index is 0.0862. The Kier molecular flexibility index (Phi) is 40.4. The van der Waals surface area contributed by atoms with E-state index in [1.807, 2.05) is 121 Å². The number of alkyl halides is 1. The first-order chi connectivity index (χ1) is 69.0. The SMILES string of the molecule is CC(C)[Si](OC1CC(S(=O)(=O)C2(CBr)CC2)C1)(C(C)C)C(C)C.CC(C)[Si](OC1CC(S(=O)(=O)C2(CO)CC2)C1)(C(C)C)C(C)C.CC(C)[Si](OC1CC(S(=O)(=O)C2(COCc3ccccc3)CC2)C1)(C(C)C)C(C)C.O=C(OC1CC(S(=O)(=O)C2(COCc3ccccc3)CC2)C1)c1ccc([N+](=O)[O-])cc1.O=S(=O)(C1CC(O)C1)C1(COCc2ccccc2)CC1.O=S(=O)(C1CC(O)C1)C1(COCc2ccccc2)CC1. The monoisotopic (exact) mass is 2280 g/mol. The number of ether oxygens (including phenoxy) is 5. The zero-order chi connectivity index (χ0) is 108. The number of sulfone groups is 6. The summed E-state index contributed by atoms with van der Waals surface area (Å²) in [5.74, 6) is -0.608. The van der Waals surface area contributed by atoms with Gasteiger partial charge in [0.15, 0.2) is 59.0 Å². The summed E-state index contributed by atoms with van der Waals surface area (Å²) in [6, 6.07) is 44.2. The molecule has 0 unspecified atom stereocenters. The quantitative estimate of drug-likeness (QED) is 0.0107. The summed E-state index contributed by atoms with van der Waals surface area (Å²) < 4.78 is 198. The van der Waals surface area contributed by atoms with E-state index in [1.54, 1.807) is 0 Å². The van der Waals surface area contributed by atoms with Gasteiger partial charge in [0.25, 0.3) is 5.69 Å². The third-order valence-corrected chi connectivity index (χ3v) is 72.6. The molecule has 147 heavy (non-hydrogen) atoms. The fourth-order valence-electron chi connectivity index (χ4n) is 23.8. The normalized spacial score (nSPS) is 25.6. The molecule has 37 heteroatoms. The van der Waals surface area contributed by atoms with Gasteiger partial charge in [0, 0.05) is 48.6 Å². The number of halogens is 1. The number of esters is 1. The molecule has 826 valence electrons. The summed E-state index contributed by atoms with van der Waals surface area (Å²) in [6.07, 6.45) is 13.4. The topological polar surface area (TPSA) is 400 Å². The second-order valence-electron chi connectivity index (χ2n) is 47.4. The van der Waals surface area contributed by atoms with Crippen LogP contribution in [0, 0.1) is 10.1 Å². The molecule has 0 aliphatic heterocycles. The van der Waals surface area contributed by atoms with E-state index in [2.05, 4.69) is 141 Å². The van der Waals surface area contributed by atoms with Crippen molar-refractivity contribution in [1.82, 2.24) is 0 Å². The van der Waals surface area contributed by atoms with E-state index in [0.717, 1.165) is 47.9 Å². The summed E-state index contributed by atoms with van der Waals surface area (Å²) in [5, 5.41) is 37.3. The van der Waals surface area contributed by atoms with Gasteiger partial charge in [-0.25, -0.2) is 55.3 Å². The molecule has 0 spiro atoms. The van der Waals surface area contributed by atoms with Crippen LogP contribution in [0.2, 0.25) is 49.9 Å². The van der Waals surface area contributed by atoms with Crippen molar-refractivity contribution in [3.8, 4) is 0 Å². The Morgan fingerprint density at radius 1 is 0.327 bits per heavy atom. The Bertz CT molecular complexity index is 5560. The molecule has 12 aliphatic rings. The van der Waals surface area contributed by atoms with Crippen LogP contribution in [0.25, 0.3) is 0 Å². The van der Waals surface area contributed by atoms with Gasteiger partial charge in [0.1, 0.15) is 6.10 Å². The second kappa shape index (κ2) is 49.0. The molecule has 0 aromatic heterocycles. The highest BCUT2D eigenvalue weighted by atomic mass is 79.9. The summed E-state index contributed by atoms with van der Waals surface area (Å²) >= 11 is 3.41. The molecular formula is C110H170BrNO26S6Si3. The molecule has 12 aliphatic carbocycles. The van der Waals surface area contributed by atoms with Gasteiger partial charge in [0.05, 0.1) is 142 Å². The Morgan fingerprint density at radius 2 is 0.531 bits per heavy atom. The number of nitro benzene ring substituents is 1. The zero-order valence-corrected chi connectivity index (χ0v) is 99.5. The first-order valence-corrected chi connectivity index (χ1v) is 70.7. The number of rotatable bonds is 48. The summed E-state index contributed by atoms with van der Waals surface area (Å²) in [7, 11) is -24.9. The van der Waals surface area contributed by atoms with Crippen molar-refractivity contribution in [3.05, 3.63) is 184 Å². The fraction of sp³-hybridized carbons (Fsp3) is 0.718. The van der Waals surface area contributed by atoms with Crippen molar-refractivity contribution in [1.29, 1.82) is 0 Å². The van der Waals surface area contributed by atoms with Crippen LogP contribution in [0.4, 0.5) is 5.69 Å². The summed E-state index contributed by atoms with van der Waals surface area (Å²) in [5.41, 5.74) is 9.05. The molecule has 0 heterocycles. The van der Waals surface area contributed by atoms with Gasteiger partial charge < -0.3 is 52.3 Å². The molecule has 0 bridgehead atoms. The highest BCUT2D eigenvalue weighted by molar-refractivity contribution is 9.09. The third-order valence-electron chi connectivity index (χ3n) is 34.7. The third kappa shape index (κ3) is 26.8. The van der Waals surface area contributed by atoms with Gasteiger partial charge in [-0.15, -0.1) is 0 Å². The molecule has 5 aromatic carbocycles. The van der Waals surface area contributed by atoms with Crippen LogP contribution in [-0.4, -0.2) is 237 Å². The van der Waals surface area contributed by atoms with Crippen molar-refractivity contribution < 1.29 is 113 Å². The van der Waals surface area contributed by atoms with Crippen LogP contribution in [0.15, 0.2) is 146 Å². The van der Waals surface area contributed by atoms with Crippen molar-refractivity contribution >= 4 is 112 Å². The average molecular weight is 2280 g/mol. The van der Waals surface area contributed by atoms with Crippen LogP contribution in [0.3, 0.4) is 0 Å². The molecule has 3 N–H and O–H groups in total. The minimum atomic E-state index is -3.38. The molecule has 12 fully saturated rings. The number of hydrogen-bond acceptors (Lipinski definition) is 26. The Labute approximate surface area is 890 Å². The number of nitrogens with zero attached hydrogens (tertiary/aromatic N) is 1. The standard InChI is InChI=1S/C24H40O4SSi.C22H23NO7S.C17H33BrO3SSi.C17H34O4SSi.2C15H20O4S/c1-18(2)30(19(3)4,20(5)6)28-22-14-23(15-22)29(25,26)24(12-13-24)17-27-16-21-10-8-7-9-11-21;24-21(17-6-8-18(9-7-17)23(25)26)30-19-12-20(13-19)31(27,28)22(10-11-22)15-29-14-16-4-2-1-3-5-16;2*1-12(2)23(13(3)4,14(5)6)21-15-9-16(10-15)22(19,20)17(11-18)7-8-17;2*16-13-8-14(9-13)20(17,18)15(6-7-15)11-19-10-12-4-2-1-3-5-12/h7-11,18-20,22-23H,12-17H2,1-6H3;1-9,19-20H,10-15H2;12-16H,7-11H2,1-6H3;12-16,18H,7-11H2,1-6H3;2*1-5,13-14,16H,6-11H2. The van der Waals surface area contributed by atoms with Gasteiger partial charge >= 0.3 is 5.97 Å². The molecule has 0 amide bonds. The van der Waals surface area contributed by atoms with Crippen LogP contribution in [-0.2, 0) is 122 Å². The molecule has 12 saturated carbocycles. The van der Waals surface area contributed by atoms with E-state index in [9.17, 15) is 80.7 Å². The molecule has 0 atom stereocenters. The van der Waals surface area contributed by atoms with Gasteiger partial charge in [0.2, 0.25) is 25.0 Å². The lowest BCUT2D eigenvalue weighted by atomic mass is 9.95. The minimum Gasteiger partial charge on any atom is -0.459 e. The van der Waals surface area contributed by atoms with Crippen LogP contribution < -0.4 is 0 Å². The number of carbonyl (C=O) groups excluding carboxylic acids is 1. The predicted octanol–water partition coefficient (Wildman–Crippen LogP) is 21.4. The maximum Gasteiger partial charge on any atom is 0.338 e. The molecular weight excluding hydrogens is 2110 g/mol. The van der Waals surface area contributed by atoms with E-state index >= 15 is 0 Å². The van der Waals surface area contributed by atoms with Crippen LogP contribution in [0.5, 0.6) is 0 Å². The van der Waals surface area contributed by atoms with Crippen molar-refractivity contribution in [2.45, 2.75) is 452 Å². The van der Waals surface area contributed by atoms with E-state index in [4.69, 9.17) is 37.0 Å². The van der Waals surface area contributed by atoms with Crippen molar-refractivity contribution in [3.63, 3.8) is 0 Å². The second-order valence-corrected chi connectivity index (χ2v) is 80.0. The number of aliphatic hydroxyl groups excluding tert-OH is 3. The maximum absolute atomic E-state index is 13.3. The van der Waals surface area contributed by atoms with Gasteiger partial charge in [-0.2, -0.15) is 0 Å². The number of carbonyl (C=O) groups is 1. The highest BCUT2D eigenvalue weighted by Crippen LogP contribution is 2.58. The molecule has 5 aromatic rings. The van der Waals surface area contributed by atoms with E-state index in [1.165, 1.54) is 24.3 Å². The lowest BCUT2D eigenvalue weighted by Gasteiger charge is -2.48. The predicted molar refractivity (Wildman–Crippen MR) is 591 cm³/mol. The lowest BCUT2D eigenvalue weighted by molar-refractivity contribution is -0.384. The number of benzene rings is 5. The van der Waals surface area contributed by atoms with E-state index < -0.39 is 147 Å². The number of non-ortho nitro benzene ring substituents is 1. The number of hydrogen-bond donors (Lipinski definition) is 3.